The summed E-state index contributed by atoms with van der Waals surface area (Å²) in [7, 11) is 0. The summed E-state index contributed by atoms with van der Waals surface area (Å²) in [5, 5.41) is 6.77. The zero-order valence-electron chi connectivity index (χ0n) is 15.1. The number of anilines is 2. The van der Waals surface area contributed by atoms with Crippen LogP contribution in [0.3, 0.4) is 0 Å². The number of nitrogens with zero attached hydrogens (tertiary/aromatic N) is 3. The summed E-state index contributed by atoms with van der Waals surface area (Å²) in [6, 6.07) is 12.4. The Labute approximate surface area is 164 Å². The van der Waals surface area contributed by atoms with Crippen LogP contribution >= 0.6 is 0 Å². The summed E-state index contributed by atoms with van der Waals surface area (Å²) in [5.41, 5.74) is 7.34. The molecule has 2 heterocycles. The number of benzene rings is 2. The van der Waals surface area contributed by atoms with Crippen LogP contribution in [0.1, 0.15) is 16.1 Å². The molecule has 146 valence electrons. The quantitative estimate of drug-likeness (QED) is 0.710. The van der Waals surface area contributed by atoms with Crippen molar-refractivity contribution in [2.24, 2.45) is 5.73 Å². The van der Waals surface area contributed by atoms with Crippen LogP contribution < -0.4 is 21.5 Å². The second kappa shape index (κ2) is 7.19. The molecule has 4 rings (SSSR count). The van der Waals surface area contributed by atoms with E-state index in [-0.39, 0.29) is 5.69 Å². The summed E-state index contributed by atoms with van der Waals surface area (Å²) in [6.07, 6.45) is 0.691. The molecule has 0 saturated heterocycles. The van der Waals surface area contributed by atoms with Gasteiger partial charge in [0.15, 0.2) is 0 Å². The van der Waals surface area contributed by atoms with Gasteiger partial charge in [0.1, 0.15) is 11.5 Å². The molecular formula is C20H16FN5O3. The van der Waals surface area contributed by atoms with Gasteiger partial charge in [-0.25, -0.2) is 9.18 Å². The molecule has 0 unspecified atom stereocenters. The Bertz CT molecular complexity index is 1170. The van der Waals surface area contributed by atoms with E-state index in [4.69, 9.17) is 5.73 Å². The highest BCUT2D eigenvalue weighted by Gasteiger charge is 2.23. The predicted octanol–water partition coefficient (Wildman–Crippen LogP) is 2.07. The van der Waals surface area contributed by atoms with Gasteiger partial charge in [0.05, 0.1) is 11.4 Å². The maximum atomic E-state index is 13.1. The minimum atomic E-state index is -0.555. The average Bonchev–Trinajstić information content (AvgIpc) is 3.12. The number of aromatic nitrogens is 2. The van der Waals surface area contributed by atoms with Gasteiger partial charge in [0, 0.05) is 18.3 Å². The van der Waals surface area contributed by atoms with Crippen molar-refractivity contribution < 1.29 is 14.0 Å². The van der Waals surface area contributed by atoms with Gasteiger partial charge in [-0.2, -0.15) is 9.78 Å². The number of hydrogen-bond acceptors (Lipinski definition) is 4. The Morgan fingerprint density at radius 2 is 1.83 bits per heavy atom. The molecule has 2 aromatic carbocycles. The Morgan fingerprint density at radius 1 is 1.07 bits per heavy atom. The molecule has 9 heteroatoms. The molecule has 0 spiro atoms. The third-order valence-corrected chi connectivity index (χ3v) is 4.61. The van der Waals surface area contributed by atoms with Crippen LogP contribution in [0.25, 0.3) is 5.69 Å². The molecule has 1 aromatic heterocycles. The number of nitrogens with two attached hydrogens (primary N) is 1. The van der Waals surface area contributed by atoms with Crippen LogP contribution in [-0.2, 0) is 6.42 Å². The molecule has 0 saturated carbocycles. The lowest BCUT2D eigenvalue weighted by molar-refractivity contribution is 0.102. The first-order valence-electron chi connectivity index (χ1n) is 8.80. The third kappa shape index (κ3) is 3.57. The van der Waals surface area contributed by atoms with Crippen molar-refractivity contribution in [3.05, 3.63) is 82.0 Å². The third-order valence-electron chi connectivity index (χ3n) is 4.61. The number of amides is 3. The summed E-state index contributed by atoms with van der Waals surface area (Å²) >= 11 is 0. The number of carbonyl (C=O) groups excluding carboxylic acids is 2. The Hall–Kier alpha value is -4.01. The van der Waals surface area contributed by atoms with Gasteiger partial charge in [0.2, 0.25) is 0 Å². The molecule has 29 heavy (non-hydrogen) atoms. The maximum Gasteiger partial charge on any atom is 0.319 e. The van der Waals surface area contributed by atoms with Gasteiger partial charge in [-0.1, -0.05) is 6.07 Å². The minimum absolute atomic E-state index is 0.00109. The van der Waals surface area contributed by atoms with E-state index in [9.17, 15) is 18.8 Å². The number of rotatable bonds is 3. The van der Waals surface area contributed by atoms with E-state index < -0.39 is 23.3 Å². The number of hydrogen-bond donors (Lipinski definition) is 2. The van der Waals surface area contributed by atoms with Crippen LogP contribution in [0.15, 0.2) is 59.4 Å². The molecule has 0 fully saturated rings. The second-order valence-electron chi connectivity index (χ2n) is 6.48. The van der Waals surface area contributed by atoms with Gasteiger partial charge < -0.3 is 11.1 Å². The van der Waals surface area contributed by atoms with Crippen molar-refractivity contribution >= 4 is 23.3 Å². The Kier molecular flexibility index (Phi) is 4.55. The van der Waals surface area contributed by atoms with E-state index in [1.807, 2.05) is 6.07 Å². The van der Waals surface area contributed by atoms with Crippen molar-refractivity contribution in [2.45, 2.75) is 6.42 Å². The number of primary amides is 1. The topological polar surface area (TPSA) is 110 Å². The summed E-state index contributed by atoms with van der Waals surface area (Å²) < 4.78 is 14.1. The highest BCUT2D eigenvalue weighted by molar-refractivity contribution is 6.03. The number of carbonyl (C=O) groups is 2. The smallest absolute Gasteiger partial charge is 0.319 e. The molecule has 1 aliphatic heterocycles. The van der Waals surface area contributed by atoms with Gasteiger partial charge in [-0.15, -0.1) is 0 Å². The van der Waals surface area contributed by atoms with Crippen LogP contribution in [0.4, 0.5) is 20.6 Å². The number of urea groups is 1. The van der Waals surface area contributed by atoms with E-state index in [0.717, 1.165) is 10.2 Å². The minimum Gasteiger partial charge on any atom is -0.351 e. The molecule has 3 aromatic rings. The highest BCUT2D eigenvalue weighted by atomic mass is 19.1. The molecule has 3 amide bonds. The highest BCUT2D eigenvalue weighted by Crippen LogP contribution is 2.30. The van der Waals surface area contributed by atoms with Crippen molar-refractivity contribution in [2.75, 3.05) is 16.8 Å². The monoisotopic (exact) mass is 393 g/mol. The fourth-order valence-corrected chi connectivity index (χ4v) is 3.18. The Balaban J connectivity index is 1.61. The van der Waals surface area contributed by atoms with Crippen LogP contribution in [0, 0.1) is 5.82 Å². The van der Waals surface area contributed by atoms with Gasteiger partial charge in [-0.05, 0) is 54.4 Å². The number of nitrogens with one attached hydrogen (secondary N) is 1. The summed E-state index contributed by atoms with van der Waals surface area (Å²) in [4.78, 5) is 37.7. The zero-order valence-corrected chi connectivity index (χ0v) is 15.1. The molecular weight excluding hydrogens is 377 g/mol. The van der Waals surface area contributed by atoms with Crippen LogP contribution in [-0.4, -0.2) is 28.3 Å². The standard InChI is InChI=1S/C20H16FN5O3/c21-13-2-5-15(6-3-13)26-18(27)8-7-16(24-26)19(28)23-14-4-1-12-9-10-25(20(22)29)17(12)11-14/h1-8,11H,9-10H2,(H2,22,29)(H,23,28). The van der Waals surface area contributed by atoms with Gasteiger partial charge >= 0.3 is 6.03 Å². The van der Waals surface area contributed by atoms with Crippen molar-refractivity contribution in [1.82, 2.24) is 9.78 Å². The lowest BCUT2D eigenvalue weighted by atomic mass is 10.1. The van der Waals surface area contributed by atoms with E-state index in [0.29, 0.717) is 30.0 Å². The first kappa shape index (κ1) is 18.4. The average molecular weight is 393 g/mol. The van der Waals surface area contributed by atoms with Crippen LogP contribution in [0.2, 0.25) is 0 Å². The number of halogens is 1. The lowest BCUT2D eigenvalue weighted by Gasteiger charge is -2.15. The van der Waals surface area contributed by atoms with E-state index in [2.05, 4.69) is 10.4 Å². The molecule has 3 N–H and O–H groups in total. The summed E-state index contributed by atoms with van der Waals surface area (Å²) in [5.74, 6) is -0.984. The molecule has 0 aliphatic carbocycles. The SMILES string of the molecule is NC(=O)N1CCc2ccc(NC(=O)c3ccc(=O)n(-c4ccc(F)cc4)n3)cc21. The van der Waals surface area contributed by atoms with Crippen LogP contribution in [0.5, 0.6) is 0 Å². The lowest BCUT2D eigenvalue weighted by Crippen LogP contribution is -2.34. The molecule has 1 aliphatic rings. The molecule has 0 bridgehead atoms. The summed E-state index contributed by atoms with van der Waals surface area (Å²) in [6.45, 7) is 0.492. The first-order valence-corrected chi connectivity index (χ1v) is 8.80. The van der Waals surface area contributed by atoms with Crippen molar-refractivity contribution in [1.29, 1.82) is 0 Å². The fourth-order valence-electron chi connectivity index (χ4n) is 3.18. The maximum absolute atomic E-state index is 13.1. The molecule has 8 nitrogen and oxygen atoms in total. The normalized spacial score (nSPS) is 12.5. The van der Waals surface area contributed by atoms with Gasteiger partial charge in [0.25, 0.3) is 11.5 Å². The van der Waals surface area contributed by atoms with Gasteiger partial charge in [-0.3, -0.25) is 14.5 Å². The number of fused-ring (bicyclic) bond motifs is 1. The van der Waals surface area contributed by atoms with E-state index in [1.165, 1.54) is 41.3 Å². The second-order valence-corrected chi connectivity index (χ2v) is 6.48. The largest absolute Gasteiger partial charge is 0.351 e. The van der Waals surface area contributed by atoms with E-state index >= 15 is 0 Å². The van der Waals surface area contributed by atoms with Crippen molar-refractivity contribution in [3.8, 4) is 5.69 Å². The molecule has 0 atom stereocenters. The Morgan fingerprint density at radius 3 is 2.55 bits per heavy atom. The zero-order chi connectivity index (χ0) is 20.5. The van der Waals surface area contributed by atoms with E-state index in [1.54, 1.807) is 12.1 Å². The van der Waals surface area contributed by atoms with Crippen molar-refractivity contribution in [3.63, 3.8) is 0 Å². The molecule has 0 radical (unpaired) electrons. The fraction of sp³-hybridized carbons (Fsp3) is 0.100. The first-order chi connectivity index (χ1) is 13.9. The predicted molar refractivity (Wildman–Crippen MR) is 105 cm³/mol.